The number of carbonyl (C=O) groups excluding carboxylic acids is 1. The predicted octanol–water partition coefficient (Wildman–Crippen LogP) is 3.05. The predicted molar refractivity (Wildman–Crippen MR) is 120 cm³/mol. The van der Waals surface area contributed by atoms with Gasteiger partial charge in [-0.2, -0.15) is 0 Å². The molecular weight excluding hydrogens is 394 g/mol. The largest absolute Gasteiger partial charge is 0.339 e. The molecule has 1 aliphatic heterocycles. The fraction of sp³-hybridized carbons (Fsp3) is 0.348. The number of aryl methyl sites for hydroxylation is 1. The Morgan fingerprint density at radius 3 is 2.47 bits per heavy atom. The summed E-state index contributed by atoms with van der Waals surface area (Å²) in [5, 5.41) is 8.97. The van der Waals surface area contributed by atoms with Gasteiger partial charge < -0.3 is 4.90 Å². The number of hydrogen-bond acceptors (Lipinski definition) is 5. The number of piperazine rings is 1. The van der Waals surface area contributed by atoms with Crippen molar-refractivity contribution in [2.75, 3.05) is 38.5 Å². The van der Waals surface area contributed by atoms with Crippen LogP contribution in [-0.4, -0.2) is 68.9 Å². The molecule has 1 aliphatic rings. The second-order valence-corrected chi connectivity index (χ2v) is 8.51. The van der Waals surface area contributed by atoms with Gasteiger partial charge in [-0.15, -0.1) is 10.2 Å². The summed E-state index contributed by atoms with van der Waals surface area (Å²) in [6.07, 6.45) is 2.75. The lowest BCUT2D eigenvalue weighted by atomic mass is 10.1. The van der Waals surface area contributed by atoms with E-state index in [0.717, 1.165) is 50.0 Å². The standard InChI is InChI=1S/C23H27N5OS/c1-19-7-9-21(10-8-19)28-18-24-25-23(28)30-17-22(29)27-15-13-26(14-16-27)12-11-20-5-3-2-4-6-20/h2-10,18H,11-17H2,1H3. The molecule has 1 saturated heterocycles. The number of aromatic nitrogens is 3. The molecule has 1 fully saturated rings. The first kappa shape index (κ1) is 20.6. The van der Waals surface area contributed by atoms with Gasteiger partial charge in [0.15, 0.2) is 5.16 Å². The Balaban J connectivity index is 1.24. The van der Waals surface area contributed by atoms with E-state index in [2.05, 4.69) is 64.5 Å². The molecule has 0 bridgehead atoms. The number of hydrogen-bond donors (Lipinski definition) is 0. The zero-order chi connectivity index (χ0) is 20.8. The number of rotatable bonds is 7. The molecule has 2 aromatic carbocycles. The summed E-state index contributed by atoms with van der Waals surface area (Å²) in [6, 6.07) is 18.8. The highest BCUT2D eigenvalue weighted by Crippen LogP contribution is 2.20. The van der Waals surface area contributed by atoms with Gasteiger partial charge in [-0.3, -0.25) is 14.3 Å². The van der Waals surface area contributed by atoms with Crippen LogP contribution in [0.2, 0.25) is 0 Å². The van der Waals surface area contributed by atoms with Gasteiger partial charge in [0.05, 0.1) is 5.75 Å². The van der Waals surface area contributed by atoms with Crippen LogP contribution in [0.5, 0.6) is 0 Å². The SMILES string of the molecule is Cc1ccc(-n2cnnc2SCC(=O)N2CCN(CCc3ccccc3)CC2)cc1. The molecule has 30 heavy (non-hydrogen) atoms. The summed E-state index contributed by atoms with van der Waals surface area (Å²) < 4.78 is 1.93. The Labute approximate surface area is 181 Å². The van der Waals surface area contributed by atoms with Crippen LogP contribution in [0.15, 0.2) is 66.1 Å². The van der Waals surface area contributed by atoms with Crippen molar-refractivity contribution in [3.05, 3.63) is 72.1 Å². The van der Waals surface area contributed by atoms with Crippen molar-refractivity contribution in [2.45, 2.75) is 18.5 Å². The smallest absolute Gasteiger partial charge is 0.233 e. The van der Waals surface area contributed by atoms with Gasteiger partial charge in [0.25, 0.3) is 0 Å². The van der Waals surface area contributed by atoms with E-state index in [0.29, 0.717) is 5.75 Å². The third kappa shape index (κ3) is 5.29. The van der Waals surface area contributed by atoms with E-state index in [4.69, 9.17) is 0 Å². The van der Waals surface area contributed by atoms with Gasteiger partial charge in [0, 0.05) is 38.4 Å². The normalized spacial score (nSPS) is 14.8. The average Bonchev–Trinajstić information content (AvgIpc) is 3.26. The number of amides is 1. The molecule has 7 heteroatoms. The van der Waals surface area contributed by atoms with Crippen LogP contribution in [0.1, 0.15) is 11.1 Å². The summed E-state index contributed by atoms with van der Waals surface area (Å²) in [6.45, 7) is 6.55. The lowest BCUT2D eigenvalue weighted by Gasteiger charge is -2.34. The number of thioether (sulfide) groups is 1. The van der Waals surface area contributed by atoms with Crippen molar-refractivity contribution in [2.24, 2.45) is 0 Å². The van der Waals surface area contributed by atoms with Crippen LogP contribution < -0.4 is 0 Å². The zero-order valence-electron chi connectivity index (χ0n) is 17.3. The number of benzene rings is 2. The summed E-state index contributed by atoms with van der Waals surface area (Å²) in [5.74, 6) is 0.551. The lowest BCUT2D eigenvalue weighted by molar-refractivity contribution is -0.130. The van der Waals surface area contributed by atoms with Crippen molar-refractivity contribution >= 4 is 17.7 Å². The monoisotopic (exact) mass is 421 g/mol. The van der Waals surface area contributed by atoms with Crippen molar-refractivity contribution in [3.63, 3.8) is 0 Å². The molecule has 0 unspecified atom stereocenters. The van der Waals surface area contributed by atoms with Crippen LogP contribution in [0.3, 0.4) is 0 Å². The molecule has 3 aromatic rings. The van der Waals surface area contributed by atoms with Gasteiger partial charge >= 0.3 is 0 Å². The molecule has 4 rings (SSSR count). The van der Waals surface area contributed by atoms with E-state index in [1.165, 1.54) is 22.9 Å². The van der Waals surface area contributed by atoms with E-state index < -0.39 is 0 Å². The molecule has 0 atom stereocenters. The molecular formula is C23H27N5OS. The highest BCUT2D eigenvalue weighted by Gasteiger charge is 2.21. The van der Waals surface area contributed by atoms with E-state index in [-0.39, 0.29) is 5.91 Å². The van der Waals surface area contributed by atoms with E-state index in [1.807, 2.05) is 21.6 Å². The Bertz CT molecular complexity index is 949. The molecule has 0 aliphatic carbocycles. The third-order valence-corrected chi connectivity index (χ3v) is 6.37. The number of nitrogens with zero attached hydrogens (tertiary/aromatic N) is 5. The van der Waals surface area contributed by atoms with Gasteiger partial charge in [-0.1, -0.05) is 59.8 Å². The van der Waals surface area contributed by atoms with Crippen LogP contribution in [0, 0.1) is 6.92 Å². The van der Waals surface area contributed by atoms with Gasteiger partial charge in [0.1, 0.15) is 6.33 Å². The minimum absolute atomic E-state index is 0.168. The second-order valence-electron chi connectivity index (χ2n) is 7.57. The minimum atomic E-state index is 0.168. The van der Waals surface area contributed by atoms with E-state index in [9.17, 15) is 4.79 Å². The minimum Gasteiger partial charge on any atom is -0.339 e. The summed E-state index contributed by atoms with van der Waals surface area (Å²) >= 11 is 1.45. The van der Waals surface area contributed by atoms with E-state index >= 15 is 0 Å². The molecule has 0 saturated carbocycles. The topological polar surface area (TPSA) is 54.3 Å². The van der Waals surface area contributed by atoms with E-state index in [1.54, 1.807) is 6.33 Å². The average molecular weight is 422 g/mol. The molecule has 0 radical (unpaired) electrons. The zero-order valence-corrected chi connectivity index (χ0v) is 18.1. The maximum absolute atomic E-state index is 12.7. The maximum Gasteiger partial charge on any atom is 0.233 e. The fourth-order valence-corrected chi connectivity index (χ4v) is 4.41. The first-order valence-corrected chi connectivity index (χ1v) is 11.3. The van der Waals surface area contributed by atoms with Crippen LogP contribution in [0.25, 0.3) is 5.69 Å². The molecule has 2 heterocycles. The van der Waals surface area contributed by atoms with Crippen molar-refractivity contribution in [1.29, 1.82) is 0 Å². The highest BCUT2D eigenvalue weighted by molar-refractivity contribution is 7.99. The molecule has 0 N–H and O–H groups in total. The first-order chi connectivity index (χ1) is 14.7. The molecule has 1 aromatic heterocycles. The van der Waals surface area contributed by atoms with Crippen molar-refractivity contribution in [1.82, 2.24) is 24.6 Å². The van der Waals surface area contributed by atoms with Gasteiger partial charge in [0.2, 0.25) is 5.91 Å². The Kier molecular flexibility index (Phi) is 6.81. The van der Waals surface area contributed by atoms with Gasteiger partial charge in [-0.05, 0) is 31.0 Å². The lowest BCUT2D eigenvalue weighted by Crippen LogP contribution is -2.49. The third-order valence-electron chi connectivity index (χ3n) is 5.44. The van der Waals surface area contributed by atoms with Crippen molar-refractivity contribution < 1.29 is 4.79 Å². The van der Waals surface area contributed by atoms with Crippen molar-refractivity contribution in [3.8, 4) is 5.69 Å². The summed E-state index contributed by atoms with van der Waals surface area (Å²) in [5.41, 5.74) is 3.58. The summed E-state index contributed by atoms with van der Waals surface area (Å²) in [7, 11) is 0. The Morgan fingerprint density at radius 1 is 1.00 bits per heavy atom. The van der Waals surface area contributed by atoms with Crippen LogP contribution in [-0.2, 0) is 11.2 Å². The molecule has 1 amide bonds. The maximum atomic E-state index is 12.7. The highest BCUT2D eigenvalue weighted by atomic mass is 32.2. The van der Waals surface area contributed by atoms with Crippen LogP contribution in [0.4, 0.5) is 0 Å². The fourth-order valence-electron chi connectivity index (χ4n) is 3.58. The van der Waals surface area contributed by atoms with Crippen LogP contribution >= 0.6 is 11.8 Å². The molecule has 6 nitrogen and oxygen atoms in total. The first-order valence-electron chi connectivity index (χ1n) is 10.3. The summed E-state index contributed by atoms with van der Waals surface area (Å²) in [4.78, 5) is 17.1. The Hall–Kier alpha value is -2.64. The van der Waals surface area contributed by atoms with Gasteiger partial charge in [-0.25, -0.2) is 0 Å². The Morgan fingerprint density at radius 2 is 1.73 bits per heavy atom. The molecule has 0 spiro atoms. The quantitative estimate of drug-likeness (QED) is 0.549. The molecule has 156 valence electrons. The second kappa shape index (κ2) is 9.91. The number of carbonyl (C=O) groups is 1.